The van der Waals surface area contributed by atoms with Crippen LogP contribution in [0.2, 0.25) is 0 Å². The molecular weight excluding hydrogens is 270 g/mol. The molecule has 0 radical (unpaired) electrons. The van der Waals surface area contributed by atoms with Crippen LogP contribution < -0.4 is 0 Å². The molecule has 0 atom stereocenters. The monoisotopic (exact) mass is 283 g/mol. The number of aromatic nitrogens is 3. The van der Waals surface area contributed by atoms with Crippen LogP contribution in [0.3, 0.4) is 0 Å². The molecule has 3 aromatic rings. The average Bonchev–Trinajstić information content (AvgIpc) is 3.01. The van der Waals surface area contributed by atoms with Gasteiger partial charge in [-0.3, -0.25) is 0 Å². The fourth-order valence-electron chi connectivity index (χ4n) is 2.67. The predicted octanol–water partition coefficient (Wildman–Crippen LogP) is 3.18. The second-order valence-corrected chi connectivity index (χ2v) is 5.36. The van der Waals surface area contributed by atoms with Gasteiger partial charge in [0.25, 0.3) is 0 Å². The summed E-state index contributed by atoms with van der Waals surface area (Å²) in [5, 5.41) is 13.1. The highest BCUT2D eigenvalue weighted by atomic mass is 16.5. The van der Waals surface area contributed by atoms with Gasteiger partial charge in [0.15, 0.2) is 0 Å². The zero-order chi connectivity index (χ0) is 14.4. The van der Waals surface area contributed by atoms with Crippen LogP contribution in [0.25, 0.3) is 22.4 Å². The molecule has 0 aliphatic heterocycles. The Kier molecular flexibility index (Phi) is 2.57. The average molecular weight is 283 g/mol. The third-order valence-corrected chi connectivity index (χ3v) is 4.07. The van der Waals surface area contributed by atoms with E-state index in [4.69, 9.17) is 9.63 Å². The van der Waals surface area contributed by atoms with Crippen molar-refractivity contribution in [1.82, 2.24) is 15.1 Å². The largest absolute Gasteiger partial charge is 0.478 e. The van der Waals surface area contributed by atoms with E-state index in [1.807, 2.05) is 0 Å². The summed E-state index contributed by atoms with van der Waals surface area (Å²) in [6.07, 6.45) is 5.08. The Morgan fingerprint density at radius 2 is 2.24 bits per heavy atom. The fraction of sp³-hybridized carbons (Fsp3) is 0.267. The summed E-state index contributed by atoms with van der Waals surface area (Å²) < 4.78 is 5.11. The molecule has 2 N–H and O–H groups in total. The van der Waals surface area contributed by atoms with Crippen LogP contribution in [-0.4, -0.2) is 26.2 Å². The number of hydrogen-bond donors (Lipinski definition) is 2. The topological polar surface area (TPSA) is 92.0 Å². The molecule has 6 nitrogen and oxygen atoms in total. The van der Waals surface area contributed by atoms with Gasteiger partial charge in [-0.25, -0.2) is 9.78 Å². The first-order valence-electron chi connectivity index (χ1n) is 6.90. The number of nitrogens with one attached hydrogen (secondary N) is 1. The Morgan fingerprint density at radius 1 is 1.38 bits per heavy atom. The number of aromatic carboxylic acids is 1. The van der Waals surface area contributed by atoms with Crippen molar-refractivity contribution in [3.05, 3.63) is 35.7 Å². The first-order chi connectivity index (χ1) is 10.2. The van der Waals surface area contributed by atoms with Gasteiger partial charge < -0.3 is 14.6 Å². The van der Waals surface area contributed by atoms with Gasteiger partial charge >= 0.3 is 5.97 Å². The van der Waals surface area contributed by atoms with Gasteiger partial charge in [-0.1, -0.05) is 11.6 Å². The van der Waals surface area contributed by atoms with Crippen molar-refractivity contribution in [3.8, 4) is 11.4 Å². The Labute approximate surface area is 119 Å². The van der Waals surface area contributed by atoms with Gasteiger partial charge in [-0.2, -0.15) is 0 Å². The van der Waals surface area contributed by atoms with Crippen molar-refractivity contribution >= 4 is 17.0 Å². The molecule has 2 aromatic heterocycles. The number of fused-ring (bicyclic) bond motifs is 1. The number of nitrogens with zero attached hydrogens (tertiary/aromatic N) is 2. The summed E-state index contributed by atoms with van der Waals surface area (Å²) >= 11 is 0. The van der Waals surface area contributed by atoms with Gasteiger partial charge in [0.1, 0.15) is 12.1 Å². The van der Waals surface area contributed by atoms with Crippen LogP contribution >= 0.6 is 0 Å². The van der Waals surface area contributed by atoms with Crippen LogP contribution in [0.15, 0.2) is 29.0 Å². The van der Waals surface area contributed by atoms with Crippen molar-refractivity contribution in [2.24, 2.45) is 0 Å². The number of aromatic amines is 1. The lowest BCUT2D eigenvalue weighted by atomic mass is 9.81. The Hall–Kier alpha value is -2.63. The van der Waals surface area contributed by atoms with Crippen LogP contribution in [0.1, 0.15) is 41.2 Å². The summed E-state index contributed by atoms with van der Waals surface area (Å²) in [6, 6.07) is 4.84. The molecule has 1 fully saturated rings. The molecule has 0 saturated heterocycles. The quantitative estimate of drug-likeness (QED) is 0.770. The Balaban J connectivity index is 1.80. The molecule has 0 spiro atoms. The van der Waals surface area contributed by atoms with Crippen LogP contribution in [-0.2, 0) is 0 Å². The number of benzene rings is 1. The highest BCUT2D eigenvalue weighted by Crippen LogP contribution is 2.39. The van der Waals surface area contributed by atoms with Crippen molar-refractivity contribution in [1.29, 1.82) is 0 Å². The van der Waals surface area contributed by atoms with Gasteiger partial charge in [-0.15, -0.1) is 0 Å². The highest BCUT2D eigenvalue weighted by Gasteiger charge is 2.27. The minimum Gasteiger partial charge on any atom is -0.478 e. The van der Waals surface area contributed by atoms with Crippen LogP contribution in [0.5, 0.6) is 0 Å². The SMILES string of the molecule is O=C(O)c1ccc2nc(-c3conc3C3CCC3)[nH]c2c1. The molecule has 0 bridgehead atoms. The molecular formula is C15H13N3O3. The number of carboxylic acids is 1. The molecule has 6 heteroatoms. The molecule has 1 aliphatic rings. The predicted molar refractivity (Wildman–Crippen MR) is 75.1 cm³/mol. The van der Waals surface area contributed by atoms with E-state index in [9.17, 15) is 4.79 Å². The molecule has 0 amide bonds. The molecule has 21 heavy (non-hydrogen) atoms. The summed E-state index contributed by atoms with van der Waals surface area (Å²) in [5.41, 5.74) is 3.48. The van der Waals surface area contributed by atoms with E-state index >= 15 is 0 Å². The minimum atomic E-state index is -0.951. The maximum absolute atomic E-state index is 11.0. The minimum absolute atomic E-state index is 0.238. The normalized spacial score (nSPS) is 15.2. The van der Waals surface area contributed by atoms with Gasteiger partial charge in [-0.05, 0) is 31.0 Å². The van der Waals surface area contributed by atoms with Crippen molar-refractivity contribution in [3.63, 3.8) is 0 Å². The molecule has 4 rings (SSSR count). The molecule has 1 aromatic carbocycles. The van der Waals surface area contributed by atoms with Crippen molar-refractivity contribution in [2.45, 2.75) is 25.2 Å². The highest BCUT2D eigenvalue weighted by molar-refractivity contribution is 5.93. The second-order valence-electron chi connectivity index (χ2n) is 5.36. The van der Waals surface area contributed by atoms with Crippen LogP contribution in [0.4, 0.5) is 0 Å². The van der Waals surface area contributed by atoms with E-state index in [2.05, 4.69) is 15.1 Å². The first-order valence-corrected chi connectivity index (χ1v) is 6.90. The molecule has 2 heterocycles. The van der Waals surface area contributed by atoms with Gasteiger partial charge in [0.2, 0.25) is 0 Å². The summed E-state index contributed by atoms with van der Waals surface area (Å²) in [6.45, 7) is 0. The Morgan fingerprint density at radius 3 is 2.95 bits per heavy atom. The van der Waals surface area contributed by atoms with E-state index in [-0.39, 0.29) is 5.56 Å². The van der Waals surface area contributed by atoms with E-state index < -0.39 is 5.97 Å². The number of carboxylic acid groups (broad SMARTS) is 1. The summed E-state index contributed by atoms with van der Waals surface area (Å²) in [4.78, 5) is 18.7. The maximum atomic E-state index is 11.0. The van der Waals surface area contributed by atoms with Crippen LogP contribution in [0, 0.1) is 0 Å². The maximum Gasteiger partial charge on any atom is 0.335 e. The van der Waals surface area contributed by atoms with Crippen molar-refractivity contribution in [2.75, 3.05) is 0 Å². The number of hydrogen-bond acceptors (Lipinski definition) is 4. The van der Waals surface area contributed by atoms with Gasteiger partial charge in [0.05, 0.1) is 27.9 Å². The van der Waals surface area contributed by atoms with Gasteiger partial charge in [0, 0.05) is 5.92 Å². The van der Waals surface area contributed by atoms with E-state index in [1.54, 1.807) is 24.5 Å². The zero-order valence-corrected chi connectivity index (χ0v) is 11.2. The Bertz CT molecular complexity index is 830. The number of carbonyl (C=O) groups is 1. The fourth-order valence-corrected chi connectivity index (χ4v) is 2.67. The van der Waals surface area contributed by atoms with E-state index in [1.165, 1.54) is 6.42 Å². The smallest absolute Gasteiger partial charge is 0.335 e. The third-order valence-electron chi connectivity index (χ3n) is 4.07. The number of H-pyrrole nitrogens is 1. The lowest BCUT2D eigenvalue weighted by Crippen LogP contribution is -2.10. The lowest BCUT2D eigenvalue weighted by Gasteiger charge is -2.23. The second kappa shape index (κ2) is 4.44. The summed E-state index contributed by atoms with van der Waals surface area (Å²) in [7, 11) is 0. The number of rotatable bonds is 3. The molecule has 106 valence electrons. The third kappa shape index (κ3) is 1.91. The molecule has 1 saturated carbocycles. The zero-order valence-electron chi connectivity index (χ0n) is 11.2. The molecule has 1 aliphatic carbocycles. The van der Waals surface area contributed by atoms with E-state index in [0.29, 0.717) is 17.3 Å². The lowest BCUT2D eigenvalue weighted by molar-refractivity contribution is 0.0697. The number of imidazole rings is 1. The first kappa shape index (κ1) is 12.1. The van der Waals surface area contributed by atoms with Crippen molar-refractivity contribution < 1.29 is 14.4 Å². The van der Waals surface area contributed by atoms with E-state index in [0.717, 1.165) is 29.6 Å². The summed E-state index contributed by atoms with van der Waals surface area (Å²) in [5.74, 6) is 0.172. The standard InChI is InChI=1S/C15H13N3O3/c19-15(20)9-4-5-11-12(6-9)17-14(16-11)10-7-21-18-13(10)8-2-1-3-8/h4-8H,1-3H2,(H,16,17)(H,19,20). The molecule has 0 unspecified atom stereocenters.